The molecule has 0 bridgehead atoms. The third-order valence-electron chi connectivity index (χ3n) is 4.65. The molecule has 0 fully saturated rings. The van der Waals surface area contributed by atoms with Gasteiger partial charge < -0.3 is 4.98 Å². The van der Waals surface area contributed by atoms with Gasteiger partial charge in [0.2, 0.25) is 12.4 Å². The first-order chi connectivity index (χ1) is 12.7. The van der Waals surface area contributed by atoms with Crippen LogP contribution in [-0.2, 0) is 6.42 Å². The summed E-state index contributed by atoms with van der Waals surface area (Å²) >= 11 is 0. The highest BCUT2D eigenvalue weighted by Gasteiger charge is 2.13. The fraction of sp³-hybridized carbons (Fsp3) is 0.174. The zero-order valence-electron chi connectivity index (χ0n) is 15.6. The molecule has 0 atom stereocenters. The molecule has 0 radical (unpaired) electrons. The monoisotopic (exact) mass is 345 g/mol. The summed E-state index contributed by atoms with van der Waals surface area (Å²) in [6.45, 7) is 8.30. The normalized spacial score (nSPS) is 11.4. The smallest absolute Gasteiger partial charge is 0.230 e. The van der Waals surface area contributed by atoms with Gasteiger partial charge in [0.1, 0.15) is 7.11 Å². The van der Waals surface area contributed by atoms with Gasteiger partial charge in [-0.3, -0.25) is 4.84 Å². The molecule has 3 heteroatoms. The molecule has 132 valence electrons. The van der Waals surface area contributed by atoms with E-state index in [1.165, 1.54) is 22.3 Å². The van der Waals surface area contributed by atoms with Crippen molar-refractivity contribution >= 4 is 11.6 Å². The number of aromatic nitrogens is 2. The van der Waals surface area contributed by atoms with Crippen LogP contribution in [0.2, 0.25) is 0 Å². The highest BCUT2D eigenvalue weighted by Crippen LogP contribution is 2.32. The lowest BCUT2D eigenvalue weighted by molar-refractivity contribution is -0.885. The standard InChI is InChI=1S/C23H25N2O/c1-5-18-10-7-8-12-21(18)23-15-24-17(3)22(23)14-19(6-2)20-11-9-13-25(16-20)26-4/h6-16,24H,2,5H2,1,3-4H3/q+1/b19-14+. The molecule has 0 aliphatic rings. The molecule has 0 spiro atoms. The minimum atomic E-state index is 1.00. The van der Waals surface area contributed by atoms with E-state index in [1.54, 1.807) is 11.8 Å². The summed E-state index contributed by atoms with van der Waals surface area (Å²) in [6, 6.07) is 12.6. The van der Waals surface area contributed by atoms with Crippen LogP contribution in [-0.4, -0.2) is 12.1 Å². The number of pyridine rings is 1. The Morgan fingerprint density at radius 1 is 1.19 bits per heavy atom. The van der Waals surface area contributed by atoms with E-state index in [1.807, 2.05) is 24.5 Å². The van der Waals surface area contributed by atoms with E-state index in [4.69, 9.17) is 4.84 Å². The summed E-state index contributed by atoms with van der Waals surface area (Å²) in [5.41, 5.74) is 8.27. The number of aromatic amines is 1. The van der Waals surface area contributed by atoms with Crippen molar-refractivity contribution in [3.05, 3.63) is 90.0 Å². The van der Waals surface area contributed by atoms with Gasteiger partial charge in [-0.15, -0.1) is 0 Å². The average molecular weight is 345 g/mol. The molecule has 0 unspecified atom stereocenters. The average Bonchev–Trinajstić information content (AvgIpc) is 3.06. The minimum absolute atomic E-state index is 1.00. The molecule has 3 rings (SSSR count). The van der Waals surface area contributed by atoms with Crippen molar-refractivity contribution in [2.75, 3.05) is 7.11 Å². The first-order valence-corrected chi connectivity index (χ1v) is 8.84. The number of hydrogen-bond acceptors (Lipinski definition) is 1. The maximum Gasteiger partial charge on any atom is 0.230 e. The Kier molecular flexibility index (Phi) is 5.37. The fourth-order valence-electron chi connectivity index (χ4n) is 3.19. The zero-order valence-corrected chi connectivity index (χ0v) is 15.6. The number of aryl methyl sites for hydroxylation is 2. The van der Waals surface area contributed by atoms with Crippen molar-refractivity contribution in [3.63, 3.8) is 0 Å². The third kappa shape index (κ3) is 3.47. The summed E-state index contributed by atoms with van der Waals surface area (Å²) < 4.78 is 1.68. The fourth-order valence-corrected chi connectivity index (χ4v) is 3.19. The molecule has 3 aromatic rings. The summed E-state index contributed by atoms with van der Waals surface area (Å²) in [7, 11) is 1.65. The van der Waals surface area contributed by atoms with Crippen molar-refractivity contribution in [2.45, 2.75) is 20.3 Å². The van der Waals surface area contributed by atoms with E-state index >= 15 is 0 Å². The van der Waals surface area contributed by atoms with Crippen LogP contribution in [0.15, 0.2) is 67.6 Å². The molecule has 1 N–H and O–H groups in total. The van der Waals surface area contributed by atoms with Gasteiger partial charge in [0.05, 0.1) is 5.56 Å². The van der Waals surface area contributed by atoms with Crippen LogP contribution in [0.1, 0.15) is 29.3 Å². The number of rotatable bonds is 6. The second kappa shape index (κ2) is 7.87. The van der Waals surface area contributed by atoms with Crippen molar-refractivity contribution in [1.82, 2.24) is 4.98 Å². The number of benzene rings is 1. The Labute approximate surface area is 155 Å². The van der Waals surface area contributed by atoms with E-state index in [-0.39, 0.29) is 0 Å². The molecule has 1 aromatic carbocycles. The molecular formula is C23H25N2O+. The highest BCUT2D eigenvalue weighted by molar-refractivity contribution is 5.92. The number of nitrogens with one attached hydrogen (secondary N) is 1. The van der Waals surface area contributed by atoms with E-state index in [0.29, 0.717) is 0 Å². The van der Waals surface area contributed by atoms with Crippen molar-refractivity contribution in [1.29, 1.82) is 0 Å². The largest absolute Gasteiger partial charge is 0.364 e. The summed E-state index contributed by atoms with van der Waals surface area (Å²) in [4.78, 5) is 8.66. The van der Waals surface area contributed by atoms with Gasteiger partial charge in [-0.25, -0.2) is 0 Å². The Balaban J connectivity index is 2.13. The Hall–Kier alpha value is -3.07. The van der Waals surface area contributed by atoms with E-state index in [0.717, 1.165) is 23.3 Å². The van der Waals surface area contributed by atoms with Crippen LogP contribution < -0.4 is 9.57 Å². The van der Waals surface area contributed by atoms with Gasteiger partial charge in [0, 0.05) is 33.8 Å². The lowest BCUT2D eigenvalue weighted by atomic mass is 9.94. The third-order valence-corrected chi connectivity index (χ3v) is 4.65. The number of nitrogens with zero attached hydrogens (tertiary/aromatic N) is 1. The Bertz CT molecular complexity index is 950. The number of hydrogen-bond donors (Lipinski definition) is 1. The van der Waals surface area contributed by atoms with Gasteiger partial charge >= 0.3 is 0 Å². The van der Waals surface area contributed by atoms with Gasteiger partial charge in [0.15, 0.2) is 0 Å². The van der Waals surface area contributed by atoms with Gasteiger partial charge in [-0.2, -0.15) is 0 Å². The first kappa shape index (κ1) is 17.7. The molecule has 0 saturated carbocycles. The molecule has 3 nitrogen and oxygen atoms in total. The van der Waals surface area contributed by atoms with Crippen molar-refractivity contribution in [3.8, 4) is 11.1 Å². The first-order valence-electron chi connectivity index (χ1n) is 8.84. The molecule has 0 saturated heterocycles. The lowest BCUT2D eigenvalue weighted by Crippen LogP contribution is -2.39. The van der Waals surface area contributed by atoms with Gasteiger partial charge in [-0.1, -0.05) is 43.8 Å². The number of H-pyrrole nitrogens is 1. The molecule has 0 amide bonds. The van der Waals surface area contributed by atoms with E-state index in [9.17, 15) is 0 Å². The van der Waals surface area contributed by atoms with Crippen LogP contribution in [0.4, 0.5) is 0 Å². The number of allylic oxidation sites excluding steroid dienone is 2. The van der Waals surface area contributed by atoms with Gasteiger partial charge in [0.25, 0.3) is 0 Å². The quantitative estimate of drug-likeness (QED) is 0.512. The summed E-state index contributed by atoms with van der Waals surface area (Å²) in [5.74, 6) is 0. The maximum atomic E-state index is 5.28. The molecule has 2 aromatic heterocycles. The van der Waals surface area contributed by atoms with Crippen molar-refractivity contribution < 1.29 is 9.57 Å². The zero-order chi connectivity index (χ0) is 18.5. The molecule has 0 aliphatic carbocycles. The second-order valence-electron chi connectivity index (χ2n) is 6.19. The molecular weight excluding hydrogens is 320 g/mol. The SMILES string of the molecule is C=C/C(=C\c1c(-c2ccccc2CC)c[nH]c1C)c1ccc[n+](OC)c1. The maximum absolute atomic E-state index is 5.28. The van der Waals surface area contributed by atoms with Gasteiger partial charge in [-0.05, 0) is 42.2 Å². The van der Waals surface area contributed by atoms with Crippen LogP contribution in [0.3, 0.4) is 0 Å². The molecule has 26 heavy (non-hydrogen) atoms. The van der Waals surface area contributed by atoms with E-state index in [2.05, 4.69) is 68.0 Å². The van der Waals surface area contributed by atoms with Crippen LogP contribution in [0, 0.1) is 6.92 Å². The Morgan fingerprint density at radius 2 is 2.00 bits per heavy atom. The van der Waals surface area contributed by atoms with Crippen LogP contribution in [0.5, 0.6) is 0 Å². The Morgan fingerprint density at radius 3 is 2.73 bits per heavy atom. The van der Waals surface area contributed by atoms with Crippen LogP contribution >= 0.6 is 0 Å². The predicted octanol–water partition coefficient (Wildman–Crippen LogP) is 4.63. The topological polar surface area (TPSA) is 28.9 Å². The predicted molar refractivity (Wildman–Crippen MR) is 108 cm³/mol. The summed E-state index contributed by atoms with van der Waals surface area (Å²) in [6.07, 6.45) is 11.0. The van der Waals surface area contributed by atoms with Crippen molar-refractivity contribution in [2.24, 2.45) is 0 Å². The van der Waals surface area contributed by atoms with Crippen LogP contribution in [0.25, 0.3) is 22.8 Å². The highest BCUT2D eigenvalue weighted by atomic mass is 16.6. The molecule has 2 heterocycles. The lowest BCUT2D eigenvalue weighted by Gasteiger charge is -2.09. The second-order valence-corrected chi connectivity index (χ2v) is 6.19. The minimum Gasteiger partial charge on any atom is -0.364 e. The van der Waals surface area contributed by atoms with E-state index < -0.39 is 0 Å². The summed E-state index contributed by atoms with van der Waals surface area (Å²) in [5, 5.41) is 0. The molecule has 0 aliphatic heterocycles.